The van der Waals surface area contributed by atoms with Crippen molar-refractivity contribution in [3.8, 4) is 0 Å². The first-order valence-corrected chi connectivity index (χ1v) is 3.61. The SMILES string of the molecule is Nc1ccc(Cl)cc1C(=O)Cl. The van der Waals surface area contributed by atoms with Crippen LogP contribution in [0.5, 0.6) is 0 Å². The van der Waals surface area contributed by atoms with E-state index in [0.29, 0.717) is 10.7 Å². The van der Waals surface area contributed by atoms with Gasteiger partial charge in [0, 0.05) is 10.7 Å². The minimum atomic E-state index is -0.593. The lowest BCUT2D eigenvalue weighted by atomic mass is 10.2. The van der Waals surface area contributed by atoms with E-state index < -0.39 is 5.24 Å². The van der Waals surface area contributed by atoms with Crippen molar-refractivity contribution in [1.29, 1.82) is 0 Å². The molecule has 0 aliphatic rings. The topological polar surface area (TPSA) is 43.1 Å². The Morgan fingerprint density at radius 1 is 1.45 bits per heavy atom. The Bertz CT molecular complexity index is 298. The fourth-order valence-corrected chi connectivity index (χ4v) is 1.03. The van der Waals surface area contributed by atoms with E-state index in [1.54, 1.807) is 6.07 Å². The highest BCUT2D eigenvalue weighted by Crippen LogP contribution is 2.19. The highest BCUT2D eigenvalue weighted by atomic mass is 35.5. The summed E-state index contributed by atoms with van der Waals surface area (Å²) in [4.78, 5) is 10.6. The number of hydrogen-bond donors (Lipinski definition) is 1. The zero-order chi connectivity index (χ0) is 8.43. The highest BCUT2D eigenvalue weighted by molar-refractivity contribution is 6.68. The summed E-state index contributed by atoms with van der Waals surface area (Å²) >= 11 is 10.8. The molecule has 0 atom stereocenters. The van der Waals surface area contributed by atoms with Crippen molar-refractivity contribution in [3.63, 3.8) is 0 Å². The van der Waals surface area contributed by atoms with Crippen LogP contribution in [-0.2, 0) is 0 Å². The number of carbonyl (C=O) groups excluding carboxylic acids is 1. The maximum Gasteiger partial charge on any atom is 0.254 e. The first-order valence-electron chi connectivity index (χ1n) is 2.86. The summed E-state index contributed by atoms with van der Waals surface area (Å²) in [6.07, 6.45) is 0. The molecule has 0 aromatic heterocycles. The van der Waals surface area contributed by atoms with Crippen molar-refractivity contribution in [1.82, 2.24) is 0 Å². The summed E-state index contributed by atoms with van der Waals surface area (Å²) in [6.45, 7) is 0. The third-order valence-corrected chi connectivity index (χ3v) is 1.67. The standard InChI is InChI=1S/C7H5Cl2NO/c8-4-1-2-6(10)5(3-4)7(9)11/h1-3H,10H2. The van der Waals surface area contributed by atoms with Crippen molar-refractivity contribution >= 4 is 34.1 Å². The van der Waals surface area contributed by atoms with Gasteiger partial charge in [0.05, 0.1) is 5.56 Å². The van der Waals surface area contributed by atoms with Crippen LogP contribution in [0.25, 0.3) is 0 Å². The van der Waals surface area contributed by atoms with Gasteiger partial charge < -0.3 is 5.73 Å². The van der Waals surface area contributed by atoms with Gasteiger partial charge in [0.1, 0.15) is 0 Å². The molecule has 0 unspecified atom stereocenters. The molecule has 2 N–H and O–H groups in total. The summed E-state index contributed by atoms with van der Waals surface area (Å²) in [5.74, 6) is 0. The zero-order valence-electron chi connectivity index (χ0n) is 5.47. The fraction of sp³-hybridized carbons (Fsp3) is 0. The Morgan fingerprint density at radius 2 is 2.09 bits per heavy atom. The van der Waals surface area contributed by atoms with E-state index in [1.807, 2.05) is 0 Å². The number of hydrogen-bond acceptors (Lipinski definition) is 2. The van der Waals surface area contributed by atoms with Gasteiger partial charge in [-0.2, -0.15) is 0 Å². The summed E-state index contributed by atoms with van der Waals surface area (Å²) in [6, 6.07) is 4.57. The number of nitrogens with two attached hydrogens (primary N) is 1. The van der Waals surface area contributed by atoms with E-state index in [0.717, 1.165) is 0 Å². The lowest BCUT2D eigenvalue weighted by molar-refractivity contribution is 0.108. The normalized spacial score (nSPS) is 9.64. The summed E-state index contributed by atoms with van der Waals surface area (Å²) in [5.41, 5.74) is 6.02. The number of rotatable bonds is 1. The second-order valence-corrected chi connectivity index (χ2v) is 2.78. The highest BCUT2D eigenvalue weighted by Gasteiger charge is 2.05. The second-order valence-electron chi connectivity index (χ2n) is 2.01. The van der Waals surface area contributed by atoms with Gasteiger partial charge in [-0.3, -0.25) is 4.79 Å². The Labute approximate surface area is 73.9 Å². The molecule has 1 aromatic carbocycles. The van der Waals surface area contributed by atoms with E-state index in [1.165, 1.54) is 12.1 Å². The molecular formula is C7H5Cl2NO. The van der Waals surface area contributed by atoms with Crippen molar-refractivity contribution < 1.29 is 4.79 Å². The molecule has 4 heteroatoms. The largest absolute Gasteiger partial charge is 0.398 e. The van der Waals surface area contributed by atoms with E-state index in [9.17, 15) is 4.79 Å². The predicted octanol–water partition coefficient (Wildman–Crippen LogP) is 2.30. The van der Waals surface area contributed by atoms with E-state index in [4.69, 9.17) is 28.9 Å². The Kier molecular flexibility index (Phi) is 2.37. The van der Waals surface area contributed by atoms with Gasteiger partial charge in [0.15, 0.2) is 0 Å². The zero-order valence-corrected chi connectivity index (χ0v) is 6.99. The monoisotopic (exact) mass is 189 g/mol. The Hall–Kier alpha value is -0.730. The summed E-state index contributed by atoms with van der Waals surface area (Å²) < 4.78 is 0. The van der Waals surface area contributed by atoms with Gasteiger partial charge in [0.2, 0.25) is 0 Å². The van der Waals surface area contributed by atoms with Gasteiger partial charge >= 0.3 is 0 Å². The number of benzene rings is 1. The first-order chi connectivity index (χ1) is 5.11. The number of nitrogen functional groups attached to an aromatic ring is 1. The molecule has 0 radical (unpaired) electrons. The molecule has 1 rings (SSSR count). The Balaban J connectivity index is 3.23. The molecule has 0 heterocycles. The lowest BCUT2D eigenvalue weighted by Crippen LogP contribution is -1.96. The van der Waals surface area contributed by atoms with E-state index >= 15 is 0 Å². The van der Waals surface area contributed by atoms with Crippen LogP contribution >= 0.6 is 23.2 Å². The van der Waals surface area contributed by atoms with Gasteiger partial charge in [-0.25, -0.2) is 0 Å². The molecule has 0 amide bonds. The molecule has 0 fully saturated rings. The van der Waals surface area contributed by atoms with Crippen molar-refractivity contribution in [2.75, 3.05) is 5.73 Å². The number of anilines is 1. The molecule has 11 heavy (non-hydrogen) atoms. The van der Waals surface area contributed by atoms with Crippen LogP contribution in [-0.4, -0.2) is 5.24 Å². The van der Waals surface area contributed by atoms with Crippen molar-refractivity contribution in [2.45, 2.75) is 0 Å². The van der Waals surface area contributed by atoms with E-state index in [2.05, 4.69) is 0 Å². The molecule has 0 bridgehead atoms. The third kappa shape index (κ3) is 1.85. The van der Waals surface area contributed by atoms with Crippen LogP contribution in [0.15, 0.2) is 18.2 Å². The fourth-order valence-electron chi connectivity index (χ4n) is 0.699. The smallest absolute Gasteiger partial charge is 0.254 e. The van der Waals surface area contributed by atoms with Crippen LogP contribution in [0.1, 0.15) is 10.4 Å². The molecule has 0 saturated heterocycles. The van der Waals surface area contributed by atoms with Crippen molar-refractivity contribution in [2.24, 2.45) is 0 Å². The van der Waals surface area contributed by atoms with Crippen LogP contribution in [0, 0.1) is 0 Å². The quantitative estimate of drug-likeness (QED) is 0.545. The minimum absolute atomic E-state index is 0.249. The summed E-state index contributed by atoms with van der Waals surface area (Å²) in [5, 5.41) is -0.145. The summed E-state index contributed by atoms with van der Waals surface area (Å²) in [7, 11) is 0. The predicted molar refractivity (Wildman–Crippen MR) is 46.0 cm³/mol. The van der Waals surface area contributed by atoms with E-state index in [-0.39, 0.29) is 5.56 Å². The average molecular weight is 190 g/mol. The molecule has 1 aromatic rings. The molecular weight excluding hydrogens is 185 g/mol. The molecule has 0 spiro atoms. The first kappa shape index (κ1) is 8.37. The van der Waals surface area contributed by atoms with Crippen LogP contribution in [0.4, 0.5) is 5.69 Å². The van der Waals surface area contributed by atoms with Crippen LogP contribution in [0.2, 0.25) is 5.02 Å². The van der Waals surface area contributed by atoms with Gasteiger partial charge in [0.25, 0.3) is 5.24 Å². The number of carbonyl (C=O) groups is 1. The minimum Gasteiger partial charge on any atom is -0.398 e. The molecule has 0 aliphatic carbocycles. The maximum atomic E-state index is 10.6. The van der Waals surface area contributed by atoms with Gasteiger partial charge in [-0.1, -0.05) is 11.6 Å². The molecule has 58 valence electrons. The van der Waals surface area contributed by atoms with Crippen LogP contribution < -0.4 is 5.73 Å². The Morgan fingerprint density at radius 3 is 2.55 bits per heavy atom. The number of halogens is 2. The lowest BCUT2D eigenvalue weighted by Gasteiger charge is -1.98. The van der Waals surface area contributed by atoms with Gasteiger partial charge in [-0.15, -0.1) is 0 Å². The second kappa shape index (κ2) is 3.11. The van der Waals surface area contributed by atoms with Crippen LogP contribution in [0.3, 0.4) is 0 Å². The molecule has 2 nitrogen and oxygen atoms in total. The average Bonchev–Trinajstić information content (AvgIpc) is 1.94. The van der Waals surface area contributed by atoms with Crippen molar-refractivity contribution in [3.05, 3.63) is 28.8 Å². The molecule has 0 saturated carbocycles. The van der Waals surface area contributed by atoms with Gasteiger partial charge in [-0.05, 0) is 29.8 Å². The maximum absolute atomic E-state index is 10.6. The third-order valence-electron chi connectivity index (χ3n) is 1.23. The molecule has 0 aliphatic heterocycles.